The Hall–Kier alpha value is -1.81. The summed E-state index contributed by atoms with van der Waals surface area (Å²) in [5.74, 6) is 2.04. The van der Waals surface area contributed by atoms with Gasteiger partial charge in [0.15, 0.2) is 5.82 Å². The highest BCUT2D eigenvalue weighted by molar-refractivity contribution is 5.55. The van der Waals surface area contributed by atoms with Crippen molar-refractivity contribution in [2.75, 3.05) is 0 Å². The summed E-state index contributed by atoms with van der Waals surface area (Å²) in [7, 11) is 0. The van der Waals surface area contributed by atoms with Gasteiger partial charge in [-0.25, -0.2) is 15.0 Å². The molecule has 0 aliphatic carbocycles. The average molecular weight is 242 g/mol. The van der Waals surface area contributed by atoms with Crippen LogP contribution in [-0.4, -0.2) is 15.0 Å². The smallest absolute Gasteiger partial charge is 0.163 e. The summed E-state index contributed by atoms with van der Waals surface area (Å²) in [5.41, 5.74) is 7.92. The fraction of sp³-hybridized carbons (Fsp3) is 0.357. The summed E-state index contributed by atoms with van der Waals surface area (Å²) in [5, 5.41) is 0. The van der Waals surface area contributed by atoms with Crippen molar-refractivity contribution in [3.8, 4) is 11.4 Å². The lowest BCUT2D eigenvalue weighted by Gasteiger charge is -2.05. The van der Waals surface area contributed by atoms with Crippen LogP contribution in [0.15, 0.2) is 24.3 Å². The Morgan fingerprint density at radius 3 is 2.39 bits per heavy atom. The van der Waals surface area contributed by atoms with Gasteiger partial charge in [-0.1, -0.05) is 37.6 Å². The van der Waals surface area contributed by atoms with E-state index in [1.807, 2.05) is 6.92 Å². The van der Waals surface area contributed by atoms with Crippen LogP contribution in [0.2, 0.25) is 0 Å². The molecular weight excluding hydrogens is 224 g/mol. The molecule has 0 unspecified atom stereocenters. The molecule has 2 aromatic rings. The summed E-state index contributed by atoms with van der Waals surface area (Å²) in [4.78, 5) is 12.9. The van der Waals surface area contributed by atoms with Gasteiger partial charge < -0.3 is 5.73 Å². The van der Waals surface area contributed by atoms with Gasteiger partial charge in [-0.05, 0) is 18.9 Å². The van der Waals surface area contributed by atoms with Crippen LogP contribution in [0.1, 0.15) is 30.6 Å². The van der Waals surface area contributed by atoms with Crippen LogP contribution in [-0.2, 0) is 13.0 Å². The standard InChI is InChI=1S/C14H18N4/c1-3-4-11-5-7-12(8-6-11)14-17-10(2)16-13(9-15)18-14/h5-8H,3-4,9,15H2,1-2H3. The van der Waals surface area contributed by atoms with E-state index in [2.05, 4.69) is 46.1 Å². The first-order valence-corrected chi connectivity index (χ1v) is 6.24. The van der Waals surface area contributed by atoms with E-state index in [9.17, 15) is 0 Å². The lowest BCUT2D eigenvalue weighted by molar-refractivity contribution is 0.851. The molecule has 1 heterocycles. The fourth-order valence-electron chi connectivity index (χ4n) is 1.87. The Kier molecular flexibility index (Phi) is 3.99. The van der Waals surface area contributed by atoms with E-state index in [-0.39, 0.29) is 0 Å². The number of aromatic nitrogens is 3. The molecule has 0 spiro atoms. The molecule has 0 bridgehead atoms. The van der Waals surface area contributed by atoms with E-state index in [1.54, 1.807) is 0 Å². The molecule has 18 heavy (non-hydrogen) atoms. The van der Waals surface area contributed by atoms with E-state index in [0.717, 1.165) is 18.4 Å². The van der Waals surface area contributed by atoms with Crippen molar-refractivity contribution >= 4 is 0 Å². The second-order valence-corrected chi connectivity index (χ2v) is 4.27. The minimum Gasteiger partial charge on any atom is -0.324 e. The molecular formula is C14H18N4. The molecule has 0 radical (unpaired) electrons. The SMILES string of the molecule is CCCc1ccc(-c2nc(C)nc(CN)n2)cc1. The van der Waals surface area contributed by atoms with Gasteiger partial charge in [-0.3, -0.25) is 0 Å². The van der Waals surface area contributed by atoms with Gasteiger partial charge in [0.25, 0.3) is 0 Å². The van der Waals surface area contributed by atoms with Crippen LogP contribution in [0.25, 0.3) is 11.4 Å². The Labute approximate surface area is 107 Å². The third kappa shape index (κ3) is 2.90. The van der Waals surface area contributed by atoms with Crippen molar-refractivity contribution in [2.24, 2.45) is 5.73 Å². The highest BCUT2D eigenvalue weighted by Gasteiger charge is 2.05. The molecule has 0 aliphatic rings. The Balaban J connectivity index is 2.33. The largest absolute Gasteiger partial charge is 0.324 e. The third-order valence-corrected chi connectivity index (χ3v) is 2.73. The van der Waals surface area contributed by atoms with Crippen LogP contribution in [0, 0.1) is 6.92 Å². The van der Waals surface area contributed by atoms with E-state index in [1.165, 1.54) is 5.56 Å². The van der Waals surface area contributed by atoms with Crippen molar-refractivity contribution in [1.82, 2.24) is 15.0 Å². The number of hydrogen-bond donors (Lipinski definition) is 1. The van der Waals surface area contributed by atoms with Gasteiger partial charge >= 0.3 is 0 Å². The van der Waals surface area contributed by atoms with Crippen LogP contribution in [0.4, 0.5) is 0 Å². The van der Waals surface area contributed by atoms with Gasteiger partial charge in [0.05, 0.1) is 6.54 Å². The first-order valence-electron chi connectivity index (χ1n) is 6.24. The number of rotatable bonds is 4. The van der Waals surface area contributed by atoms with E-state index in [4.69, 9.17) is 5.73 Å². The predicted octanol–water partition coefficient (Wildman–Crippen LogP) is 2.26. The minimum absolute atomic E-state index is 0.338. The maximum Gasteiger partial charge on any atom is 0.163 e. The maximum absolute atomic E-state index is 5.58. The molecule has 4 heteroatoms. The highest BCUT2D eigenvalue weighted by Crippen LogP contribution is 2.16. The number of nitrogens with two attached hydrogens (primary N) is 1. The maximum atomic E-state index is 5.58. The third-order valence-electron chi connectivity index (χ3n) is 2.73. The molecule has 2 N–H and O–H groups in total. The van der Waals surface area contributed by atoms with E-state index < -0.39 is 0 Å². The molecule has 1 aromatic carbocycles. The first kappa shape index (κ1) is 12.6. The van der Waals surface area contributed by atoms with Crippen LogP contribution in [0.3, 0.4) is 0 Å². The minimum atomic E-state index is 0.338. The molecule has 2 rings (SSSR count). The van der Waals surface area contributed by atoms with Crippen LogP contribution in [0.5, 0.6) is 0 Å². The molecule has 0 saturated carbocycles. The summed E-state index contributed by atoms with van der Waals surface area (Å²) < 4.78 is 0. The Morgan fingerprint density at radius 2 is 1.78 bits per heavy atom. The van der Waals surface area contributed by atoms with Gasteiger partial charge in [0.1, 0.15) is 11.6 Å². The molecule has 0 aliphatic heterocycles. The molecule has 0 amide bonds. The summed E-state index contributed by atoms with van der Waals surface area (Å²) in [6.07, 6.45) is 2.26. The number of nitrogens with zero attached hydrogens (tertiary/aromatic N) is 3. The zero-order chi connectivity index (χ0) is 13.0. The van der Waals surface area contributed by atoms with Crippen molar-refractivity contribution in [1.29, 1.82) is 0 Å². The van der Waals surface area contributed by atoms with Crippen molar-refractivity contribution in [3.63, 3.8) is 0 Å². The molecule has 0 saturated heterocycles. The van der Waals surface area contributed by atoms with Gasteiger partial charge in [-0.15, -0.1) is 0 Å². The van der Waals surface area contributed by atoms with Gasteiger partial charge in [0.2, 0.25) is 0 Å². The fourth-order valence-corrected chi connectivity index (χ4v) is 1.87. The molecule has 0 atom stereocenters. The second kappa shape index (κ2) is 5.69. The molecule has 1 aromatic heterocycles. The Morgan fingerprint density at radius 1 is 1.06 bits per heavy atom. The summed E-state index contributed by atoms with van der Waals surface area (Å²) in [6.45, 7) is 4.37. The number of benzene rings is 1. The summed E-state index contributed by atoms with van der Waals surface area (Å²) in [6, 6.07) is 8.36. The molecule has 4 nitrogen and oxygen atoms in total. The topological polar surface area (TPSA) is 64.7 Å². The normalized spacial score (nSPS) is 10.6. The zero-order valence-electron chi connectivity index (χ0n) is 10.8. The number of hydrogen-bond acceptors (Lipinski definition) is 4. The van der Waals surface area contributed by atoms with E-state index in [0.29, 0.717) is 24.0 Å². The van der Waals surface area contributed by atoms with E-state index >= 15 is 0 Å². The van der Waals surface area contributed by atoms with Crippen molar-refractivity contribution < 1.29 is 0 Å². The van der Waals surface area contributed by atoms with Crippen molar-refractivity contribution in [3.05, 3.63) is 41.5 Å². The predicted molar refractivity (Wildman–Crippen MR) is 71.9 cm³/mol. The first-order chi connectivity index (χ1) is 8.72. The quantitative estimate of drug-likeness (QED) is 0.893. The van der Waals surface area contributed by atoms with Gasteiger partial charge in [-0.2, -0.15) is 0 Å². The lowest BCUT2D eigenvalue weighted by atomic mass is 10.1. The monoisotopic (exact) mass is 242 g/mol. The lowest BCUT2D eigenvalue weighted by Crippen LogP contribution is -2.07. The van der Waals surface area contributed by atoms with Gasteiger partial charge in [0, 0.05) is 5.56 Å². The summed E-state index contributed by atoms with van der Waals surface area (Å²) >= 11 is 0. The van der Waals surface area contributed by atoms with Crippen molar-refractivity contribution in [2.45, 2.75) is 33.2 Å². The number of aryl methyl sites for hydroxylation is 2. The highest BCUT2D eigenvalue weighted by atomic mass is 15.0. The molecule has 0 fully saturated rings. The molecule has 94 valence electrons. The Bertz CT molecular complexity index is 520. The van der Waals surface area contributed by atoms with Crippen LogP contribution >= 0.6 is 0 Å². The van der Waals surface area contributed by atoms with Crippen LogP contribution < -0.4 is 5.73 Å². The zero-order valence-corrected chi connectivity index (χ0v) is 10.8. The second-order valence-electron chi connectivity index (χ2n) is 4.27. The average Bonchev–Trinajstić information content (AvgIpc) is 2.39.